The van der Waals surface area contributed by atoms with Crippen LogP contribution in [0, 0.1) is 0 Å². The molecule has 0 unspecified atom stereocenters. The lowest BCUT2D eigenvalue weighted by Crippen LogP contribution is -2.02. The van der Waals surface area contributed by atoms with Crippen LogP contribution in [0.25, 0.3) is 27.7 Å². The largest absolute Gasteiger partial charge is 0.493 e. The predicted octanol–water partition coefficient (Wildman–Crippen LogP) is 3.58. The van der Waals surface area contributed by atoms with Crippen LogP contribution < -0.4 is 24.6 Å². The summed E-state index contributed by atoms with van der Waals surface area (Å²) >= 11 is 0. The third kappa shape index (κ3) is 1.78. The molecular weight excluding hydrogens is 336 g/mol. The van der Waals surface area contributed by atoms with Crippen molar-refractivity contribution in [1.29, 1.82) is 0 Å². The molecule has 6 heteroatoms. The van der Waals surface area contributed by atoms with E-state index in [9.17, 15) is 4.79 Å². The minimum atomic E-state index is -0.438. The third-order valence-corrected chi connectivity index (χ3v) is 4.82. The lowest BCUT2D eigenvalue weighted by atomic mass is 10.0. The molecule has 1 aliphatic heterocycles. The Morgan fingerprint density at radius 1 is 0.923 bits per heavy atom. The molecular formula is C20H14O6. The summed E-state index contributed by atoms with van der Waals surface area (Å²) in [4.78, 5) is 12.6. The van der Waals surface area contributed by atoms with Crippen molar-refractivity contribution in [1.82, 2.24) is 0 Å². The summed E-state index contributed by atoms with van der Waals surface area (Å²) in [6.45, 7) is 4.34. The van der Waals surface area contributed by atoms with Crippen LogP contribution in [0.15, 0.2) is 40.1 Å². The summed E-state index contributed by atoms with van der Waals surface area (Å²) in [5, 5.41) is 1.15. The second-order valence-electron chi connectivity index (χ2n) is 6.08. The SMILES string of the molecule is C=C1c2cc(OC)c(OC)cc2-c2oc(=O)c3cc4c(cc3c21)OCO4. The van der Waals surface area contributed by atoms with Crippen molar-refractivity contribution in [2.75, 3.05) is 21.0 Å². The first-order valence-electron chi connectivity index (χ1n) is 7.99. The molecule has 0 N–H and O–H groups in total. The Balaban J connectivity index is 1.86. The summed E-state index contributed by atoms with van der Waals surface area (Å²) < 4.78 is 27.3. The van der Waals surface area contributed by atoms with Crippen molar-refractivity contribution in [2.24, 2.45) is 0 Å². The van der Waals surface area contributed by atoms with Gasteiger partial charge in [-0.15, -0.1) is 0 Å². The van der Waals surface area contributed by atoms with E-state index in [0.29, 0.717) is 34.1 Å². The van der Waals surface area contributed by atoms with Gasteiger partial charge in [0.05, 0.1) is 19.6 Å². The van der Waals surface area contributed by atoms with Gasteiger partial charge in [0.2, 0.25) is 6.79 Å². The lowest BCUT2D eigenvalue weighted by molar-refractivity contribution is 0.174. The molecule has 0 saturated heterocycles. The first-order valence-corrected chi connectivity index (χ1v) is 7.99. The molecule has 1 aliphatic carbocycles. The highest BCUT2D eigenvalue weighted by atomic mass is 16.7. The Labute approximate surface area is 148 Å². The van der Waals surface area contributed by atoms with Gasteiger partial charge in [-0.05, 0) is 35.4 Å². The fourth-order valence-corrected chi connectivity index (χ4v) is 3.58. The normalized spacial score (nSPS) is 13.7. The number of hydrogen-bond donors (Lipinski definition) is 0. The van der Waals surface area contributed by atoms with Gasteiger partial charge >= 0.3 is 5.63 Å². The maximum atomic E-state index is 12.6. The van der Waals surface area contributed by atoms with E-state index in [-0.39, 0.29) is 6.79 Å². The van der Waals surface area contributed by atoms with Gasteiger partial charge < -0.3 is 23.4 Å². The van der Waals surface area contributed by atoms with Gasteiger partial charge in [0.25, 0.3) is 0 Å². The number of methoxy groups -OCH3 is 2. The highest BCUT2D eigenvalue weighted by Gasteiger charge is 2.31. The topological polar surface area (TPSA) is 67.1 Å². The number of rotatable bonds is 2. The van der Waals surface area contributed by atoms with Crippen LogP contribution in [0.5, 0.6) is 23.0 Å². The quantitative estimate of drug-likeness (QED) is 0.550. The minimum absolute atomic E-state index is 0.134. The highest BCUT2D eigenvalue weighted by molar-refractivity contribution is 6.09. The van der Waals surface area contributed by atoms with Gasteiger partial charge in [0, 0.05) is 16.5 Å². The molecule has 1 aromatic heterocycles. The number of fused-ring (bicyclic) bond motifs is 6. The molecule has 0 spiro atoms. The summed E-state index contributed by atoms with van der Waals surface area (Å²) in [5.74, 6) is 2.76. The number of benzene rings is 2. The predicted molar refractivity (Wildman–Crippen MR) is 95.3 cm³/mol. The Bertz CT molecular complexity index is 1170. The van der Waals surface area contributed by atoms with Gasteiger partial charge in [0.1, 0.15) is 5.76 Å². The molecule has 0 radical (unpaired) electrons. The minimum Gasteiger partial charge on any atom is -0.493 e. The van der Waals surface area contributed by atoms with Crippen LogP contribution in [0.4, 0.5) is 0 Å². The van der Waals surface area contributed by atoms with E-state index in [1.54, 1.807) is 32.4 Å². The first kappa shape index (κ1) is 14.9. The second kappa shape index (κ2) is 5.05. The van der Waals surface area contributed by atoms with E-state index in [1.165, 1.54) is 0 Å². The Kier molecular flexibility index (Phi) is 2.89. The fraction of sp³-hybridized carbons (Fsp3) is 0.150. The average Bonchev–Trinajstić information content (AvgIpc) is 3.22. The Hall–Kier alpha value is -3.41. The molecule has 0 fully saturated rings. The maximum absolute atomic E-state index is 12.6. The van der Waals surface area contributed by atoms with E-state index >= 15 is 0 Å². The molecule has 130 valence electrons. The molecule has 0 atom stereocenters. The van der Waals surface area contributed by atoms with Crippen LogP contribution in [0.1, 0.15) is 11.1 Å². The molecule has 2 aromatic carbocycles. The van der Waals surface area contributed by atoms with Crippen molar-refractivity contribution in [3.8, 4) is 34.3 Å². The smallest absolute Gasteiger partial charge is 0.344 e. The lowest BCUT2D eigenvalue weighted by Gasteiger charge is -2.10. The van der Waals surface area contributed by atoms with Crippen molar-refractivity contribution in [2.45, 2.75) is 0 Å². The van der Waals surface area contributed by atoms with Crippen LogP contribution in [-0.4, -0.2) is 21.0 Å². The van der Waals surface area contributed by atoms with Crippen LogP contribution in [0.2, 0.25) is 0 Å². The second-order valence-corrected chi connectivity index (χ2v) is 6.08. The van der Waals surface area contributed by atoms with Gasteiger partial charge in [0.15, 0.2) is 23.0 Å². The van der Waals surface area contributed by atoms with Crippen molar-refractivity contribution >= 4 is 16.3 Å². The average molecular weight is 350 g/mol. The molecule has 0 saturated carbocycles. The Morgan fingerprint density at radius 3 is 2.19 bits per heavy atom. The van der Waals surface area contributed by atoms with Crippen molar-refractivity contribution < 1.29 is 23.4 Å². The van der Waals surface area contributed by atoms with Crippen LogP contribution in [0.3, 0.4) is 0 Å². The van der Waals surface area contributed by atoms with E-state index in [2.05, 4.69) is 6.58 Å². The summed E-state index contributed by atoms with van der Waals surface area (Å²) in [5.41, 5.74) is 2.67. The van der Waals surface area contributed by atoms with Gasteiger partial charge in [-0.2, -0.15) is 0 Å². The molecule has 5 rings (SSSR count). The molecule has 0 bridgehead atoms. The fourth-order valence-electron chi connectivity index (χ4n) is 3.58. The van der Waals surface area contributed by atoms with E-state index in [0.717, 1.165) is 27.6 Å². The van der Waals surface area contributed by atoms with Gasteiger partial charge in [-0.25, -0.2) is 4.79 Å². The number of ether oxygens (including phenoxy) is 4. The zero-order valence-electron chi connectivity index (χ0n) is 14.2. The molecule has 0 amide bonds. The van der Waals surface area contributed by atoms with E-state index in [4.69, 9.17) is 23.4 Å². The van der Waals surface area contributed by atoms with Crippen LogP contribution in [-0.2, 0) is 0 Å². The van der Waals surface area contributed by atoms with Gasteiger partial charge in [-0.3, -0.25) is 0 Å². The maximum Gasteiger partial charge on any atom is 0.344 e. The van der Waals surface area contributed by atoms with Crippen molar-refractivity contribution in [3.63, 3.8) is 0 Å². The molecule has 6 nitrogen and oxygen atoms in total. The zero-order chi connectivity index (χ0) is 18.0. The Morgan fingerprint density at radius 2 is 1.54 bits per heavy atom. The van der Waals surface area contributed by atoms with Gasteiger partial charge in [-0.1, -0.05) is 6.58 Å². The number of hydrogen-bond acceptors (Lipinski definition) is 6. The van der Waals surface area contributed by atoms with E-state index in [1.807, 2.05) is 6.07 Å². The zero-order valence-corrected chi connectivity index (χ0v) is 14.2. The summed E-state index contributed by atoms with van der Waals surface area (Å²) in [7, 11) is 3.14. The van der Waals surface area contributed by atoms with Crippen LogP contribution >= 0.6 is 0 Å². The standard InChI is InChI=1S/C20H14O6/c1-9-10-4-14(22-2)15(23-3)6-12(10)19-18(9)11-5-16-17(25-8-24-16)7-13(11)20(21)26-19/h4-7H,1,8H2,2-3H3. The molecule has 26 heavy (non-hydrogen) atoms. The third-order valence-electron chi connectivity index (χ3n) is 4.82. The molecule has 2 heterocycles. The first-order chi connectivity index (χ1) is 12.6. The monoisotopic (exact) mass is 350 g/mol. The van der Waals surface area contributed by atoms with E-state index < -0.39 is 5.63 Å². The summed E-state index contributed by atoms with van der Waals surface area (Å²) in [6.07, 6.45) is 0. The summed E-state index contributed by atoms with van der Waals surface area (Å²) in [6, 6.07) is 7.10. The highest BCUT2D eigenvalue weighted by Crippen LogP contribution is 2.50. The van der Waals surface area contributed by atoms with Crippen molar-refractivity contribution in [3.05, 3.63) is 52.4 Å². The molecule has 3 aromatic rings. The molecule has 2 aliphatic rings.